The van der Waals surface area contributed by atoms with Crippen LogP contribution in [0, 0.1) is 17.6 Å². The Hall–Kier alpha value is -2.29. The van der Waals surface area contributed by atoms with Gasteiger partial charge in [0.1, 0.15) is 17.4 Å². The van der Waals surface area contributed by atoms with Crippen LogP contribution in [0.5, 0.6) is 5.75 Å². The van der Waals surface area contributed by atoms with Gasteiger partial charge in [-0.25, -0.2) is 8.78 Å². The number of carboxylic acids is 1. The average molecular weight is 518 g/mol. The predicted octanol–water partition coefficient (Wildman–Crippen LogP) is 6.11. The van der Waals surface area contributed by atoms with Gasteiger partial charge < -0.3 is 19.2 Å². The number of carbonyl (C=O) groups is 1. The van der Waals surface area contributed by atoms with E-state index < -0.39 is 31.6 Å². The highest BCUT2D eigenvalue weighted by Crippen LogP contribution is 2.44. The third-order valence-electron chi connectivity index (χ3n) is 8.22. The molecule has 1 fully saturated rings. The molecule has 0 aliphatic carbocycles. The Bertz CT molecular complexity index is 1120. The lowest BCUT2D eigenvalue weighted by Gasteiger charge is -2.40. The van der Waals surface area contributed by atoms with Gasteiger partial charge in [0.05, 0.1) is 18.1 Å². The second-order valence-electron chi connectivity index (χ2n) is 11.7. The zero-order valence-electron chi connectivity index (χ0n) is 21.9. The van der Waals surface area contributed by atoms with Crippen LogP contribution in [0.3, 0.4) is 0 Å². The molecule has 0 bridgehead atoms. The summed E-state index contributed by atoms with van der Waals surface area (Å²) in [5, 5.41) is 9.94. The topological polar surface area (TPSA) is 59.0 Å². The van der Waals surface area contributed by atoms with Crippen LogP contribution in [-0.2, 0) is 28.2 Å². The van der Waals surface area contributed by atoms with Crippen molar-refractivity contribution in [3.63, 3.8) is 0 Å². The third kappa shape index (κ3) is 5.50. The Morgan fingerprint density at radius 3 is 2.50 bits per heavy atom. The molecule has 36 heavy (non-hydrogen) atoms. The molecule has 2 aliphatic heterocycles. The highest BCUT2D eigenvalue weighted by atomic mass is 28.4. The number of nitrogens with zero attached hydrogens (tertiary/aromatic N) is 1. The molecule has 1 spiro atoms. The Balaban J connectivity index is 1.43. The lowest BCUT2D eigenvalue weighted by Crippen LogP contribution is -2.45. The lowest BCUT2D eigenvalue weighted by molar-refractivity contribution is -0.143. The molecule has 1 N–H and O–H groups in total. The number of halogens is 2. The molecular formula is C28H37F2NO4Si. The van der Waals surface area contributed by atoms with E-state index in [2.05, 4.69) is 38.8 Å². The van der Waals surface area contributed by atoms with Crippen LogP contribution in [0.1, 0.15) is 50.3 Å². The number of rotatable bonds is 7. The number of fused-ring (bicyclic) bond motifs is 2. The first-order chi connectivity index (χ1) is 16.8. The fraction of sp³-hybridized carbons (Fsp3) is 0.536. The standard InChI is InChI=1S/C28H37F2NO4Si/c1-27(2,3)36(4,5)35-23-8-9-25(30)20(15-23)14-21(26(32)33)17-31-12-10-28(11-13-31)24-16-22(29)7-6-19(24)18-34-28/h6-9,15-16,21H,10-14,17-18H2,1-5H3,(H,32,33). The van der Waals surface area contributed by atoms with E-state index in [1.54, 1.807) is 24.3 Å². The van der Waals surface area contributed by atoms with Gasteiger partial charge in [-0.15, -0.1) is 0 Å². The number of ether oxygens (including phenoxy) is 1. The van der Waals surface area contributed by atoms with Crippen LogP contribution < -0.4 is 4.43 Å². The summed E-state index contributed by atoms with van der Waals surface area (Å²) in [5.41, 5.74) is 1.78. The van der Waals surface area contributed by atoms with E-state index in [0.29, 0.717) is 50.4 Å². The SMILES string of the molecule is CC(C)(C)[Si](C)(C)Oc1ccc(F)c(CC(CN2CCC3(CC2)OCc2ccc(F)cc23)C(=O)O)c1. The van der Waals surface area contributed by atoms with Gasteiger partial charge in [0.25, 0.3) is 0 Å². The van der Waals surface area contributed by atoms with E-state index >= 15 is 0 Å². The molecule has 0 saturated carbocycles. The van der Waals surface area contributed by atoms with Crippen molar-refractivity contribution in [2.75, 3.05) is 19.6 Å². The maximum absolute atomic E-state index is 14.7. The first-order valence-electron chi connectivity index (χ1n) is 12.7. The Labute approximate surface area is 213 Å². The van der Waals surface area contributed by atoms with Crippen molar-refractivity contribution in [1.29, 1.82) is 0 Å². The number of carboxylic acid groups (broad SMARTS) is 1. The molecule has 1 atom stereocenters. The van der Waals surface area contributed by atoms with E-state index in [1.165, 1.54) is 12.1 Å². The molecule has 2 aromatic rings. The molecule has 4 rings (SSSR count). The van der Waals surface area contributed by atoms with Gasteiger partial charge >= 0.3 is 5.97 Å². The van der Waals surface area contributed by atoms with Crippen molar-refractivity contribution < 1.29 is 27.8 Å². The summed E-state index contributed by atoms with van der Waals surface area (Å²) in [6.45, 7) is 12.7. The normalized spacial score (nSPS) is 18.8. The molecule has 1 unspecified atom stereocenters. The van der Waals surface area contributed by atoms with Crippen molar-refractivity contribution in [2.24, 2.45) is 5.92 Å². The molecule has 2 heterocycles. The van der Waals surface area contributed by atoms with Gasteiger partial charge in [-0.3, -0.25) is 4.79 Å². The van der Waals surface area contributed by atoms with Crippen molar-refractivity contribution in [3.8, 4) is 5.75 Å². The van der Waals surface area contributed by atoms with Crippen LogP contribution >= 0.6 is 0 Å². The molecule has 0 amide bonds. The van der Waals surface area contributed by atoms with E-state index in [0.717, 1.165) is 11.1 Å². The number of piperidine rings is 1. The third-order valence-corrected chi connectivity index (χ3v) is 12.6. The van der Waals surface area contributed by atoms with Crippen molar-refractivity contribution >= 4 is 14.3 Å². The first-order valence-corrected chi connectivity index (χ1v) is 15.6. The summed E-state index contributed by atoms with van der Waals surface area (Å²) in [6.07, 6.45) is 1.42. The molecule has 2 aromatic carbocycles. The molecule has 5 nitrogen and oxygen atoms in total. The fourth-order valence-corrected chi connectivity index (χ4v) is 5.95. The predicted molar refractivity (Wildman–Crippen MR) is 138 cm³/mol. The first kappa shape index (κ1) is 26.8. The van der Waals surface area contributed by atoms with Crippen molar-refractivity contribution in [3.05, 3.63) is 64.7 Å². The molecule has 196 valence electrons. The quantitative estimate of drug-likeness (QED) is 0.449. The largest absolute Gasteiger partial charge is 0.543 e. The number of likely N-dealkylation sites (tertiary alicyclic amines) is 1. The van der Waals surface area contributed by atoms with E-state index in [9.17, 15) is 18.7 Å². The maximum Gasteiger partial charge on any atom is 0.308 e. The fourth-order valence-electron chi connectivity index (χ4n) is 4.93. The van der Waals surface area contributed by atoms with Crippen LogP contribution in [0.2, 0.25) is 18.1 Å². The minimum Gasteiger partial charge on any atom is -0.543 e. The van der Waals surface area contributed by atoms with Crippen LogP contribution in [0.15, 0.2) is 36.4 Å². The van der Waals surface area contributed by atoms with Crippen LogP contribution in [0.25, 0.3) is 0 Å². The average Bonchev–Trinajstić information content (AvgIpc) is 3.13. The van der Waals surface area contributed by atoms with Gasteiger partial charge in [-0.2, -0.15) is 0 Å². The Kier molecular flexibility index (Phi) is 7.34. The van der Waals surface area contributed by atoms with Gasteiger partial charge in [0.2, 0.25) is 8.32 Å². The van der Waals surface area contributed by atoms with Crippen LogP contribution in [-0.4, -0.2) is 43.9 Å². The Morgan fingerprint density at radius 2 is 1.86 bits per heavy atom. The molecule has 0 aromatic heterocycles. The molecule has 8 heteroatoms. The van der Waals surface area contributed by atoms with Crippen LogP contribution in [0.4, 0.5) is 8.78 Å². The molecular weight excluding hydrogens is 480 g/mol. The summed E-state index contributed by atoms with van der Waals surface area (Å²) in [4.78, 5) is 14.2. The number of benzene rings is 2. The van der Waals surface area contributed by atoms with E-state index in [1.807, 2.05) is 0 Å². The highest BCUT2D eigenvalue weighted by Gasteiger charge is 2.43. The summed E-state index contributed by atoms with van der Waals surface area (Å²) in [5.74, 6) is -1.81. The van der Waals surface area contributed by atoms with Gasteiger partial charge in [0.15, 0.2) is 0 Å². The summed E-state index contributed by atoms with van der Waals surface area (Å²) >= 11 is 0. The number of hydrogen-bond acceptors (Lipinski definition) is 4. The smallest absolute Gasteiger partial charge is 0.308 e. The summed E-state index contributed by atoms with van der Waals surface area (Å²) in [6, 6.07) is 9.47. The zero-order valence-corrected chi connectivity index (χ0v) is 22.9. The van der Waals surface area contributed by atoms with Gasteiger partial charge in [-0.05, 0) is 84.4 Å². The summed E-state index contributed by atoms with van der Waals surface area (Å²) < 4.78 is 41.0. The minimum absolute atomic E-state index is 0.00785. The number of hydrogen-bond donors (Lipinski definition) is 1. The molecule has 1 saturated heterocycles. The van der Waals surface area contributed by atoms with E-state index in [4.69, 9.17) is 9.16 Å². The van der Waals surface area contributed by atoms with Gasteiger partial charge in [-0.1, -0.05) is 26.8 Å². The van der Waals surface area contributed by atoms with Crippen molar-refractivity contribution in [1.82, 2.24) is 4.90 Å². The second kappa shape index (κ2) is 9.87. The molecule has 2 aliphatic rings. The summed E-state index contributed by atoms with van der Waals surface area (Å²) in [7, 11) is -2.11. The monoisotopic (exact) mass is 517 g/mol. The van der Waals surface area contributed by atoms with E-state index in [-0.39, 0.29) is 17.3 Å². The minimum atomic E-state index is -2.11. The second-order valence-corrected chi connectivity index (χ2v) is 16.5. The highest BCUT2D eigenvalue weighted by molar-refractivity contribution is 6.74. The maximum atomic E-state index is 14.7. The zero-order chi connectivity index (χ0) is 26.3. The Morgan fingerprint density at radius 1 is 1.17 bits per heavy atom. The van der Waals surface area contributed by atoms with Gasteiger partial charge in [0, 0.05) is 19.6 Å². The number of aliphatic carboxylic acids is 1. The van der Waals surface area contributed by atoms with Crippen molar-refractivity contribution in [2.45, 2.75) is 70.4 Å². The molecule has 0 radical (unpaired) electrons. The lowest BCUT2D eigenvalue weighted by atomic mass is 9.83.